The molecule has 7 nitrogen and oxygen atoms in total. The van der Waals surface area contributed by atoms with Crippen molar-refractivity contribution in [1.82, 2.24) is 14.7 Å². The highest BCUT2D eigenvalue weighted by molar-refractivity contribution is 5.99. The van der Waals surface area contributed by atoms with E-state index >= 15 is 0 Å². The van der Waals surface area contributed by atoms with Crippen LogP contribution in [0, 0.1) is 5.92 Å². The molecule has 2 bridgehead atoms. The quantitative estimate of drug-likeness (QED) is 0.536. The summed E-state index contributed by atoms with van der Waals surface area (Å²) in [6.07, 6.45) is 5.64. The molecule has 2 unspecified atom stereocenters. The van der Waals surface area contributed by atoms with Crippen LogP contribution in [0.3, 0.4) is 0 Å². The van der Waals surface area contributed by atoms with E-state index in [1.165, 1.54) is 15.8 Å². The predicted molar refractivity (Wildman–Crippen MR) is 142 cm³/mol. The van der Waals surface area contributed by atoms with Gasteiger partial charge in [-0.3, -0.25) is 9.59 Å². The van der Waals surface area contributed by atoms with Gasteiger partial charge in [0.15, 0.2) is 0 Å². The predicted octanol–water partition coefficient (Wildman–Crippen LogP) is 3.52. The maximum Gasteiger partial charge on any atom is 0.274 e. The van der Waals surface area contributed by atoms with Crippen LogP contribution in [-0.2, 0) is 30.5 Å². The van der Waals surface area contributed by atoms with Crippen LogP contribution in [-0.4, -0.2) is 57.1 Å². The number of aromatic nitrogens is 2. The lowest BCUT2D eigenvalue weighted by molar-refractivity contribution is -0.00714. The fourth-order valence-electron chi connectivity index (χ4n) is 6.55. The van der Waals surface area contributed by atoms with Crippen molar-refractivity contribution in [1.29, 1.82) is 0 Å². The summed E-state index contributed by atoms with van der Waals surface area (Å²) in [5.41, 5.74) is 3.98. The molecular formula is C30H35N3O4. The third kappa shape index (κ3) is 4.59. The van der Waals surface area contributed by atoms with Gasteiger partial charge in [-0.25, -0.2) is 4.68 Å². The summed E-state index contributed by atoms with van der Waals surface area (Å²) in [5.74, 6) is 0.547. The number of aliphatic hydroxyl groups excluding tert-OH is 1. The lowest BCUT2D eigenvalue weighted by Crippen LogP contribution is -2.49. The molecule has 1 amide bonds. The van der Waals surface area contributed by atoms with Gasteiger partial charge in [-0.05, 0) is 80.2 Å². The number of ether oxygens (including phenoxy) is 1. The highest BCUT2D eigenvalue weighted by atomic mass is 16.5. The first kappa shape index (κ1) is 24.3. The van der Waals surface area contributed by atoms with Crippen molar-refractivity contribution in [2.45, 2.75) is 76.6 Å². The number of carbonyl (C=O) groups excluding carboxylic acids is 1. The van der Waals surface area contributed by atoms with Crippen molar-refractivity contribution in [2.24, 2.45) is 5.92 Å². The Bertz CT molecular complexity index is 1340. The number of nitrogens with zero attached hydrogens (tertiary/aromatic N) is 3. The summed E-state index contributed by atoms with van der Waals surface area (Å²) >= 11 is 0. The van der Waals surface area contributed by atoms with Gasteiger partial charge in [0.05, 0.1) is 49.0 Å². The van der Waals surface area contributed by atoms with Crippen molar-refractivity contribution in [3.05, 3.63) is 75.2 Å². The van der Waals surface area contributed by atoms with E-state index in [1.807, 2.05) is 17.9 Å². The van der Waals surface area contributed by atoms with Crippen LogP contribution in [0.25, 0.3) is 10.8 Å². The number of carbonyl (C=O) groups is 1. The molecule has 0 radical (unpaired) electrons. The van der Waals surface area contributed by atoms with Crippen molar-refractivity contribution in [2.75, 3.05) is 13.2 Å². The molecule has 37 heavy (non-hydrogen) atoms. The van der Waals surface area contributed by atoms with Crippen LogP contribution in [0.15, 0.2) is 47.3 Å². The molecule has 1 aromatic heterocycles. The summed E-state index contributed by atoms with van der Waals surface area (Å²) < 4.78 is 7.05. The minimum atomic E-state index is -0.631. The van der Waals surface area contributed by atoms with Crippen LogP contribution >= 0.6 is 0 Å². The Labute approximate surface area is 217 Å². The smallest absolute Gasteiger partial charge is 0.274 e. The topological polar surface area (TPSA) is 84.7 Å². The Morgan fingerprint density at radius 3 is 2.46 bits per heavy atom. The highest BCUT2D eigenvalue weighted by Gasteiger charge is 2.40. The molecule has 7 heteroatoms. The Balaban J connectivity index is 1.18. The van der Waals surface area contributed by atoms with Gasteiger partial charge in [0.2, 0.25) is 0 Å². The number of aliphatic hydroxyl groups is 1. The molecule has 3 heterocycles. The zero-order chi connectivity index (χ0) is 25.5. The van der Waals surface area contributed by atoms with Crippen molar-refractivity contribution >= 4 is 16.7 Å². The van der Waals surface area contributed by atoms with E-state index in [4.69, 9.17) is 4.74 Å². The Hall–Kier alpha value is -3.03. The average Bonchev–Trinajstić information content (AvgIpc) is 3.45. The third-order valence-electron chi connectivity index (χ3n) is 8.52. The number of hydrogen-bond donors (Lipinski definition) is 1. The Kier molecular flexibility index (Phi) is 6.59. The largest absolute Gasteiger partial charge is 0.391 e. The van der Waals surface area contributed by atoms with Gasteiger partial charge < -0.3 is 14.7 Å². The van der Waals surface area contributed by atoms with E-state index in [-0.39, 0.29) is 30.1 Å². The monoisotopic (exact) mass is 501 g/mol. The van der Waals surface area contributed by atoms with E-state index in [9.17, 15) is 14.7 Å². The molecule has 3 aromatic rings. The molecular weight excluding hydrogens is 466 g/mol. The van der Waals surface area contributed by atoms with Gasteiger partial charge >= 0.3 is 0 Å². The van der Waals surface area contributed by atoms with E-state index in [1.54, 1.807) is 12.1 Å². The van der Waals surface area contributed by atoms with Gasteiger partial charge in [0, 0.05) is 10.9 Å². The molecule has 2 saturated heterocycles. The third-order valence-corrected chi connectivity index (χ3v) is 8.52. The SMILES string of the molecule is CCc1nn(C[C@@H](O)CCC2Cc3ccccc3C2)c(=O)c2ccc(C(=O)N3C4CCC3COC4)cc12. The lowest BCUT2D eigenvalue weighted by atomic mass is 9.98. The number of hydrogen-bond acceptors (Lipinski definition) is 5. The first-order valence-electron chi connectivity index (χ1n) is 13.7. The highest BCUT2D eigenvalue weighted by Crippen LogP contribution is 2.32. The second kappa shape index (κ2) is 10.0. The standard InChI is InChI=1S/C30H35N3O4/c1-2-28-27-15-22(29(35)33-23-9-10-24(33)18-37-17-23)8-12-26(27)30(36)32(31-28)16-25(34)11-7-19-13-20-5-3-4-6-21(20)14-19/h3-6,8,12,15,19,23-25,34H,2,7,9-11,13-14,16-18H2,1H3/t23?,24?,25-/m0/s1. The van der Waals surface area contributed by atoms with Crippen LogP contribution in [0.1, 0.15) is 59.8 Å². The van der Waals surface area contributed by atoms with Crippen molar-refractivity contribution < 1.29 is 14.6 Å². The fraction of sp³-hybridized carbons (Fsp3) is 0.500. The van der Waals surface area contributed by atoms with Gasteiger partial charge in [0.25, 0.3) is 11.5 Å². The van der Waals surface area contributed by atoms with Crippen LogP contribution in [0.2, 0.25) is 0 Å². The molecule has 6 rings (SSSR count). The molecule has 2 aromatic carbocycles. The van der Waals surface area contributed by atoms with E-state index in [0.717, 1.165) is 43.2 Å². The minimum absolute atomic E-state index is 0.00779. The van der Waals surface area contributed by atoms with Gasteiger partial charge in [-0.15, -0.1) is 0 Å². The Morgan fingerprint density at radius 2 is 1.78 bits per heavy atom. The fourth-order valence-corrected chi connectivity index (χ4v) is 6.55. The van der Waals surface area contributed by atoms with E-state index in [2.05, 4.69) is 29.4 Å². The second-order valence-electron chi connectivity index (χ2n) is 11.0. The zero-order valence-corrected chi connectivity index (χ0v) is 21.4. The van der Waals surface area contributed by atoms with Crippen molar-refractivity contribution in [3.63, 3.8) is 0 Å². The van der Waals surface area contributed by atoms with E-state index in [0.29, 0.717) is 42.9 Å². The molecule has 0 spiro atoms. The van der Waals surface area contributed by atoms with Gasteiger partial charge in [-0.1, -0.05) is 31.2 Å². The molecule has 2 aliphatic heterocycles. The number of rotatable bonds is 7. The molecule has 3 aliphatic rings. The second-order valence-corrected chi connectivity index (χ2v) is 11.0. The molecule has 1 N–H and O–H groups in total. The summed E-state index contributed by atoms with van der Waals surface area (Å²) in [6.45, 7) is 3.37. The number of fused-ring (bicyclic) bond motifs is 4. The molecule has 3 atom stereocenters. The minimum Gasteiger partial charge on any atom is -0.391 e. The van der Waals surface area contributed by atoms with Gasteiger partial charge in [-0.2, -0.15) is 5.10 Å². The molecule has 0 saturated carbocycles. The van der Waals surface area contributed by atoms with Crippen LogP contribution in [0.4, 0.5) is 0 Å². The summed E-state index contributed by atoms with van der Waals surface area (Å²) in [6, 6.07) is 14.2. The van der Waals surface area contributed by atoms with Crippen molar-refractivity contribution in [3.8, 4) is 0 Å². The van der Waals surface area contributed by atoms with Crippen LogP contribution in [0.5, 0.6) is 0 Å². The summed E-state index contributed by atoms with van der Waals surface area (Å²) in [5, 5.41) is 16.7. The normalized spacial score (nSPS) is 21.9. The average molecular weight is 502 g/mol. The molecule has 194 valence electrons. The number of amides is 1. The number of morpholine rings is 1. The van der Waals surface area contributed by atoms with E-state index < -0.39 is 6.10 Å². The summed E-state index contributed by atoms with van der Waals surface area (Å²) in [7, 11) is 0. The summed E-state index contributed by atoms with van der Waals surface area (Å²) in [4.78, 5) is 28.7. The molecule has 2 fully saturated rings. The van der Waals surface area contributed by atoms with Gasteiger partial charge in [0.1, 0.15) is 0 Å². The maximum absolute atomic E-state index is 13.4. The lowest BCUT2D eigenvalue weighted by Gasteiger charge is -2.34. The first-order chi connectivity index (χ1) is 18.0. The first-order valence-corrected chi connectivity index (χ1v) is 13.7. The number of aryl methyl sites for hydroxylation is 1. The zero-order valence-electron chi connectivity index (χ0n) is 21.4. The Morgan fingerprint density at radius 1 is 1.08 bits per heavy atom. The van der Waals surface area contributed by atoms with Crippen LogP contribution < -0.4 is 5.56 Å². The number of benzene rings is 2. The molecule has 1 aliphatic carbocycles. The maximum atomic E-state index is 13.4.